The molecule has 0 saturated carbocycles. The molecule has 128 valence electrons. The Labute approximate surface area is 155 Å². The minimum Gasteiger partial charge on any atom is -0.468 e. The number of aromatic amines is 1. The molecule has 4 nitrogen and oxygen atoms in total. The summed E-state index contributed by atoms with van der Waals surface area (Å²) in [6.07, 6.45) is 0.563. The average Bonchev–Trinajstić information content (AvgIpc) is 2.99. The molecule has 1 aliphatic heterocycles. The van der Waals surface area contributed by atoms with Gasteiger partial charge in [-0.05, 0) is 29.3 Å². The van der Waals surface area contributed by atoms with Crippen molar-refractivity contribution in [3.8, 4) is 0 Å². The first kappa shape index (κ1) is 16.5. The summed E-state index contributed by atoms with van der Waals surface area (Å²) in [4.78, 5) is 15.7. The Balaban J connectivity index is 1.90. The van der Waals surface area contributed by atoms with E-state index in [4.69, 9.17) is 27.9 Å². The summed E-state index contributed by atoms with van der Waals surface area (Å²) < 4.78 is 4.96. The number of esters is 1. The van der Waals surface area contributed by atoms with Crippen molar-refractivity contribution in [2.24, 2.45) is 0 Å². The van der Waals surface area contributed by atoms with Gasteiger partial charge in [-0.15, -0.1) is 0 Å². The lowest BCUT2D eigenvalue weighted by molar-refractivity contribution is -0.143. The Morgan fingerprint density at radius 3 is 2.76 bits per heavy atom. The Bertz CT molecular complexity index is 967. The van der Waals surface area contributed by atoms with E-state index in [1.54, 1.807) is 12.1 Å². The first-order valence-electron chi connectivity index (χ1n) is 7.97. The van der Waals surface area contributed by atoms with Crippen LogP contribution in [0.5, 0.6) is 0 Å². The van der Waals surface area contributed by atoms with Crippen LogP contribution in [0.3, 0.4) is 0 Å². The molecule has 0 spiro atoms. The number of rotatable bonds is 2. The highest BCUT2D eigenvalue weighted by Crippen LogP contribution is 2.38. The van der Waals surface area contributed by atoms with Crippen molar-refractivity contribution in [2.75, 3.05) is 7.11 Å². The van der Waals surface area contributed by atoms with Crippen LogP contribution >= 0.6 is 23.2 Å². The van der Waals surface area contributed by atoms with E-state index >= 15 is 0 Å². The van der Waals surface area contributed by atoms with Crippen LogP contribution < -0.4 is 5.32 Å². The van der Waals surface area contributed by atoms with Crippen LogP contribution in [0.25, 0.3) is 10.9 Å². The summed E-state index contributed by atoms with van der Waals surface area (Å²) in [5.74, 6) is -0.286. The third-order valence-electron chi connectivity index (χ3n) is 4.67. The molecule has 0 unspecified atom stereocenters. The van der Waals surface area contributed by atoms with Gasteiger partial charge < -0.3 is 9.72 Å². The molecule has 2 aromatic carbocycles. The molecule has 1 aliphatic rings. The van der Waals surface area contributed by atoms with E-state index in [9.17, 15) is 4.79 Å². The second-order valence-corrected chi connectivity index (χ2v) is 6.95. The number of nitrogens with one attached hydrogen (secondary N) is 2. The summed E-state index contributed by atoms with van der Waals surface area (Å²) in [6, 6.07) is 12.8. The van der Waals surface area contributed by atoms with Gasteiger partial charge in [0.25, 0.3) is 0 Å². The molecule has 25 heavy (non-hydrogen) atoms. The predicted octanol–water partition coefficient (Wildman–Crippen LogP) is 4.25. The zero-order valence-electron chi connectivity index (χ0n) is 13.5. The van der Waals surface area contributed by atoms with Gasteiger partial charge >= 0.3 is 5.97 Å². The Hall–Kier alpha value is -2.01. The highest BCUT2D eigenvalue weighted by molar-refractivity contribution is 6.35. The smallest absolute Gasteiger partial charge is 0.323 e. The Kier molecular flexibility index (Phi) is 4.20. The third-order valence-corrected chi connectivity index (χ3v) is 5.23. The Morgan fingerprint density at radius 1 is 1.20 bits per heavy atom. The second kappa shape index (κ2) is 6.37. The standard InChI is InChI=1S/C19H16Cl2N2O2/c1-25-19(24)16-9-13-11-4-2-3-5-15(11)22-18(13)17(23-16)12-7-6-10(20)8-14(12)21/h2-8,16-17,22-23H,9H2,1H3/t16-,17+/m0/s1. The largest absolute Gasteiger partial charge is 0.468 e. The van der Waals surface area contributed by atoms with Crippen molar-refractivity contribution in [1.82, 2.24) is 10.3 Å². The number of hydrogen-bond acceptors (Lipinski definition) is 3. The zero-order valence-corrected chi connectivity index (χ0v) is 15.0. The minimum absolute atomic E-state index is 0.245. The number of fused-ring (bicyclic) bond motifs is 3. The molecule has 3 aromatic rings. The monoisotopic (exact) mass is 374 g/mol. The van der Waals surface area contributed by atoms with Crippen molar-refractivity contribution in [2.45, 2.75) is 18.5 Å². The normalized spacial score (nSPS) is 19.6. The highest BCUT2D eigenvalue weighted by atomic mass is 35.5. The molecule has 4 rings (SSSR count). The maximum absolute atomic E-state index is 12.2. The van der Waals surface area contributed by atoms with Crippen LogP contribution in [-0.4, -0.2) is 24.1 Å². The molecule has 0 amide bonds. The quantitative estimate of drug-likeness (QED) is 0.659. The Morgan fingerprint density at radius 2 is 2.00 bits per heavy atom. The molecule has 2 heterocycles. The number of H-pyrrole nitrogens is 1. The van der Waals surface area contributed by atoms with Gasteiger partial charge in [0.15, 0.2) is 0 Å². The summed E-state index contributed by atoms with van der Waals surface area (Å²) in [7, 11) is 1.40. The maximum atomic E-state index is 12.2. The van der Waals surface area contributed by atoms with Crippen molar-refractivity contribution in [1.29, 1.82) is 0 Å². The van der Waals surface area contributed by atoms with Crippen LogP contribution in [0.4, 0.5) is 0 Å². The number of carbonyl (C=O) groups is 1. The first-order chi connectivity index (χ1) is 12.1. The number of methoxy groups -OCH3 is 1. The lowest BCUT2D eigenvalue weighted by Crippen LogP contribution is -2.45. The van der Waals surface area contributed by atoms with Crippen molar-refractivity contribution >= 4 is 40.1 Å². The number of ether oxygens (including phenoxy) is 1. The van der Waals surface area contributed by atoms with Gasteiger partial charge in [0, 0.05) is 33.1 Å². The minimum atomic E-state index is -0.437. The number of hydrogen-bond donors (Lipinski definition) is 2. The summed E-state index contributed by atoms with van der Waals surface area (Å²) >= 11 is 12.5. The highest BCUT2D eigenvalue weighted by Gasteiger charge is 2.35. The molecule has 6 heteroatoms. The SMILES string of the molecule is COC(=O)[C@@H]1Cc2c([nH]c3ccccc23)[C@@H](c2ccc(Cl)cc2Cl)N1. The van der Waals surface area contributed by atoms with Gasteiger partial charge in [-0.3, -0.25) is 10.1 Å². The van der Waals surface area contributed by atoms with Crippen LogP contribution in [0.1, 0.15) is 22.9 Å². The van der Waals surface area contributed by atoms with E-state index in [2.05, 4.69) is 16.4 Å². The molecule has 2 atom stereocenters. The van der Waals surface area contributed by atoms with E-state index in [-0.39, 0.29) is 12.0 Å². The fourth-order valence-corrected chi connectivity index (χ4v) is 4.03. The van der Waals surface area contributed by atoms with Crippen LogP contribution in [-0.2, 0) is 16.0 Å². The molecular weight excluding hydrogens is 359 g/mol. The second-order valence-electron chi connectivity index (χ2n) is 6.11. The van der Waals surface area contributed by atoms with Gasteiger partial charge in [0.1, 0.15) is 6.04 Å². The van der Waals surface area contributed by atoms with Gasteiger partial charge in [-0.25, -0.2) is 0 Å². The molecule has 2 N–H and O–H groups in total. The number of halogens is 2. The molecule has 0 fully saturated rings. The summed E-state index contributed by atoms with van der Waals surface area (Å²) in [5.41, 5.74) is 4.04. The molecule has 0 bridgehead atoms. The van der Waals surface area contributed by atoms with E-state index in [1.165, 1.54) is 7.11 Å². The van der Waals surface area contributed by atoms with Gasteiger partial charge in [0.05, 0.1) is 13.2 Å². The summed E-state index contributed by atoms with van der Waals surface area (Å²) in [6.45, 7) is 0. The fraction of sp³-hybridized carbons (Fsp3) is 0.211. The number of aromatic nitrogens is 1. The topological polar surface area (TPSA) is 54.1 Å². The van der Waals surface area contributed by atoms with Gasteiger partial charge in [-0.2, -0.15) is 0 Å². The van der Waals surface area contributed by atoms with Crippen LogP contribution in [0.2, 0.25) is 10.0 Å². The number of carbonyl (C=O) groups excluding carboxylic acids is 1. The van der Waals surface area contributed by atoms with E-state index in [0.29, 0.717) is 16.5 Å². The van der Waals surface area contributed by atoms with Crippen molar-refractivity contribution in [3.63, 3.8) is 0 Å². The number of benzene rings is 2. The molecular formula is C19H16Cl2N2O2. The van der Waals surface area contributed by atoms with Crippen molar-refractivity contribution in [3.05, 3.63) is 69.3 Å². The molecule has 0 saturated heterocycles. The van der Waals surface area contributed by atoms with E-state index < -0.39 is 6.04 Å². The molecule has 0 aliphatic carbocycles. The molecule has 1 aromatic heterocycles. The average molecular weight is 375 g/mol. The maximum Gasteiger partial charge on any atom is 0.323 e. The summed E-state index contributed by atoms with van der Waals surface area (Å²) in [5, 5.41) is 5.61. The van der Waals surface area contributed by atoms with Crippen molar-refractivity contribution < 1.29 is 9.53 Å². The zero-order chi connectivity index (χ0) is 17.6. The van der Waals surface area contributed by atoms with Gasteiger partial charge in [0.2, 0.25) is 0 Å². The first-order valence-corrected chi connectivity index (χ1v) is 8.72. The van der Waals surface area contributed by atoms with E-state index in [1.807, 2.05) is 24.3 Å². The third kappa shape index (κ3) is 2.80. The van der Waals surface area contributed by atoms with Crippen LogP contribution in [0.15, 0.2) is 42.5 Å². The fourth-order valence-electron chi connectivity index (χ4n) is 3.51. The van der Waals surface area contributed by atoms with Gasteiger partial charge in [-0.1, -0.05) is 47.5 Å². The van der Waals surface area contributed by atoms with E-state index in [0.717, 1.165) is 27.7 Å². The van der Waals surface area contributed by atoms with Crippen LogP contribution in [0, 0.1) is 0 Å². The predicted molar refractivity (Wildman–Crippen MR) is 99.2 cm³/mol. The molecule has 0 radical (unpaired) electrons. The lowest BCUT2D eigenvalue weighted by Gasteiger charge is -2.30. The lowest BCUT2D eigenvalue weighted by atomic mass is 9.90. The number of para-hydroxylation sites is 1.